The van der Waals surface area contributed by atoms with Gasteiger partial charge in [-0.1, -0.05) is 11.6 Å². The third kappa shape index (κ3) is 1.98. The molecular formula is C14H10ClN3O2. The van der Waals surface area contributed by atoms with Gasteiger partial charge in [0.25, 0.3) is 0 Å². The minimum absolute atomic E-state index is 0.00468. The number of benzene rings is 1. The highest BCUT2D eigenvalue weighted by molar-refractivity contribution is 6.30. The van der Waals surface area contributed by atoms with Crippen molar-refractivity contribution in [3.8, 4) is 11.4 Å². The Labute approximate surface area is 119 Å². The number of halogens is 1. The predicted octanol–water partition coefficient (Wildman–Crippen LogP) is 2.94. The minimum atomic E-state index is -1.08. The molecular weight excluding hydrogens is 278 g/mol. The van der Waals surface area contributed by atoms with Crippen LogP contribution in [0.2, 0.25) is 5.02 Å². The number of nitrogen functional groups attached to an aromatic ring is 1. The van der Waals surface area contributed by atoms with E-state index in [4.69, 9.17) is 17.3 Å². The van der Waals surface area contributed by atoms with Crippen LogP contribution in [0.25, 0.3) is 16.9 Å². The monoisotopic (exact) mass is 287 g/mol. The van der Waals surface area contributed by atoms with Crippen LogP contribution >= 0.6 is 11.6 Å². The van der Waals surface area contributed by atoms with E-state index in [2.05, 4.69) is 4.98 Å². The van der Waals surface area contributed by atoms with Gasteiger partial charge < -0.3 is 10.8 Å². The Morgan fingerprint density at radius 1 is 1.20 bits per heavy atom. The van der Waals surface area contributed by atoms with E-state index < -0.39 is 5.97 Å². The van der Waals surface area contributed by atoms with E-state index in [0.29, 0.717) is 22.1 Å². The first-order valence-corrected chi connectivity index (χ1v) is 6.21. The maximum absolute atomic E-state index is 11.3. The van der Waals surface area contributed by atoms with Gasteiger partial charge in [-0.05, 0) is 36.4 Å². The fourth-order valence-corrected chi connectivity index (χ4v) is 2.19. The van der Waals surface area contributed by atoms with Gasteiger partial charge in [-0.25, -0.2) is 9.78 Å². The number of hydrogen-bond acceptors (Lipinski definition) is 3. The summed E-state index contributed by atoms with van der Waals surface area (Å²) in [4.78, 5) is 15.5. The number of carboxylic acid groups (broad SMARTS) is 1. The van der Waals surface area contributed by atoms with Gasteiger partial charge in [0.05, 0.1) is 5.52 Å². The van der Waals surface area contributed by atoms with Crippen molar-refractivity contribution in [2.24, 2.45) is 0 Å². The third-order valence-corrected chi connectivity index (χ3v) is 3.22. The van der Waals surface area contributed by atoms with Crippen molar-refractivity contribution < 1.29 is 9.90 Å². The second-order valence-corrected chi connectivity index (χ2v) is 4.75. The van der Waals surface area contributed by atoms with Crippen molar-refractivity contribution in [3.05, 3.63) is 53.3 Å². The molecule has 2 aromatic heterocycles. The lowest BCUT2D eigenvalue weighted by atomic mass is 10.2. The fraction of sp³-hybridized carbons (Fsp3) is 0. The highest BCUT2D eigenvalue weighted by atomic mass is 35.5. The molecule has 0 radical (unpaired) electrons. The number of anilines is 1. The van der Waals surface area contributed by atoms with Gasteiger partial charge in [-0.15, -0.1) is 0 Å². The molecule has 20 heavy (non-hydrogen) atoms. The Kier molecular flexibility index (Phi) is 2.84. The van der Waals surface area contributed by atoms with Crippen molar-refractivity contribution in [1.82, 2.24) is 9.38 Å². The summed E-state index contributed by atoms with van der Waals surface area (Å²) in [5.74, 6) is -0.561. The molecule has 3 rings (SSSR count). The molecule has 0 spiro atoms. The summed E-state index contributed by atoms with van der Waals surface area (Å²) in [5.41, 5.74) is 7.55. The Morgan fingerprint density at radius 2 is 1.90 bits per heavy atom. The maximum Gasteiger partial charge on any atom is 0.356 e. The van der Waals surface area contributed by atoms with E-state index in [1.165, 1.54) is 0 Å². The number of fused-ring (bicyclic) bond motifs is 1. The van der Waals surface area contributed by atoms with Crippen LogP contribution in [0.4, 0.5) is 5.69 Å². The lowest BCUT2D eigenvalue weighted by Gasteiger charge is -2.02. The van der Waals surface area contributed by atoms with Crippen LogP contribution in [0.5, 0.6) is 0 Å². The van der Waals surface area contributed by atoms with E-state index in [0.717, 1.165) is 5.56 Å². The van der Waals surface area contributed by atoms with Crippen molar-refractivity contribution in [1.29, 1.82) is 0 Å². The van der Waals surface area contributed by atoms with E-state index in [9.17, 15) is 9.90 Å². The number of imidazole rings is 1. The highest BCUT2D eigenvalue weighted by Gasteiger charge is 2.17. The molecule has 3 aromatic rings. The number of nitrogens with two attached hydrogens (primary N) is 1. The molecule has 0 saturated heterocycles. The zero-order chi connectivity index (χ0) is 14.3. The molecule has 0 amide bonds. The summed E-state index contributed by atoms with van der Waals surface area (Å²) in [6.45, 7) is 0. The molecule has 1 aromatic carbocycles. The molecule has 6 heteroatoms. The molecule has 0 atom stereocenters. The van der Waals surface area contributed by atoms with Crippen LogP contribution in [-0.4, -0.2) is 20.5 Å². The maximum atomic E-state index is 11.3. The molecule has 2 heterocycles. The fourth-order valence-electron chi connectivity index (χ4n) is 2.06. The normalized spacial score (nSPS) is 10.8. The zero-order valence-corrected chi connectivity index (χ0v) is 11.0. The number of hydrogen-bond donors (Lipinski definition) is 2. The Bertz CT molecular complexity index is 809. The molecule has 0 saturated carbocycles. The largest absolute Gasteiger partial charge is 0.476 e. The average molecular weight is 288 g/mol. The van der Waals surface area contributed by atoms with Crippen molar-refractivity contribution in [2.45, 2.75) is 0 Å². The molecule has 3 N–H and O–H groups in total. The Morgan fingerprint density at radius 3 is 2.55 bits per heavy atom. The summed E-state index contributed by atoms with van der Waals surface area (Å²) < 4.78 is 1.67. The van der Waals surface area contributed by atoms with Crippen molar-refractivity contribution in [2.75, 3.05) is 5.73 Å². The standard InChI is InChI=1S/C14H10ClN3O2/c15-9-3-1-8(2-4-9)13-17-12(14(19)20)11-6-5-10(16)7-18(11)13/h1-7H,16H2,(H,19,20). The Hall–Kier alpha value is -2.53. The summed E-state index contributed by atoms with van der Waals surface area (Å²) in [6, 6.07) is 10.3. The molecule has 0 aliphatic heterocycles. The highest BCUT2D eigenvalue weighted by Crippen LogP contribution is 2.25. The van der Waals surface area contributed by atoms with Crippen LogP contribution in [-0.2, 0) is 0 Å². The first-order chi connectivity index (χ1) is 9.56. The summed E-state index contributed by atoms with van der Waals surface area (Å²) in [7, 11) is 0. The summed E-state index contributed by atoms with van der Waals surface area (Å²) >= 11 is 5.86. The van der Waals surface area contributed by atoms with Gasteiger partial charge in [0.2, 0.25) is 0 Å². The van der Waals surface area contributed by atoms with Crippen LogP contribution < -0.4 is 5.73 Å². The second-order valence-electron chi connectivity index (χ2n) is 4.31. The summed E-state index contributed by atoms with van der Waals surface area (Å²) in [6.07, 6.45) is 1.65. The SMILES string of the molecule is Nc1ccc2c(C(=O)O)nc(-c3ccc(Cl)cc3)n2c1. The lowest BCUT2D eigenvalue weighted by Crippen LogP contribution is -1.97. The van der Waals surface area contributed by atoms with E-state index in [1.54, 1.807) is 47.0 Å². The minimum Gasteiger partial charge on any atom is -0.476 e. The van der Waals surface area contributed by atoms with Gasteiger partial charge in [-0.3, -0.25) is 4.40 Å². The van der Waals surface area contributed by atoms with Crippen LogP contribution in [0, 0.1) is 0 Å². The van der Waals surface area contributed by atoms with Crippen LogP contribution in [0.15, 0.2) is 42.6 Å². The first-order valence-electron chi connectivity index (χ1n) is 5.83. The number of nitrogens with zero attached hydrogens (tertiary/aromatic N) is 2. The first kappa shape index (κ1) is 12.5. The number of pyridine rings is 1. The second kappa shape index (κ2) is 4.54. The van der Waals surface area contributed by atoms with Gasteiger partial charge in [0, 0.05) is 22.5 Å². The molecule has 0 aliphatic carbocycles. The quantitative estimate of drug-likeness (QED) is 0.759. The van der Waals surface area contributed by atoms with Gasteiger partial charge in [0.1, 0.15) is 5.82 Å². The molecule has 0 unspecified atom stereocenters. The number of aromatic nitrogens is 2. The van der Waals surface area contributed by atoms with Crippen molar-refractivity contribution in [3.63, 3.8) is 0 Å². The van der Waals surface area contributed by atoms with Crippen LogP contribution in [0.1, 0.15) is 10.5 Å². The van der Waals surface area contributed by atoms with E-state index in [-0.39, 0.29) is 5.69 Å². The number of aromatic carboxylic acids is 1. The number of carboxylic acids is 1. The van der Waals surface area contributed by atoms with Gasteiger partial charge >= 0.3 is 5.97 Å². The Balaban J connectivity index is 2.32. The number of rotatable bonds is 2. The van der Waals surface area contributed by atoms with Crippen molar-refractivity contribution >= 4 is 28.8 Å². The van der Waals surface area contributed by atoms with Gasteiger partial charge in [0.15, 0.2) is 5.69 Å². The third-order valence-electron chi connectivity index (χ3n) is 2.96. The zero-order valence-electron chi connectivity index (χ0n) is 10.2. The molecule has 0 aliphatic rings. The van der Waals surface area contributed by atoms with E-state index in [1.807, 2.05) is 0 Å². The molecule has 5 nitrogen and oxygen atoms in total. The molecule has 100 valence electrons. The van der Waals surface area contributed by atoms with Crippen LogP contribution in [0.3, 0.4) is 0 Å². The lowest BCUT2D eigenvalue weighted by molar-refractivity contribution is 0.0693. The number of carbonyl (C=O) groups is 1. The summed E-state index contributed by atoms with van der Waals surface area (Å²) in [5, 5.41) is 9.83. The predicted molar refractivity (Wildman–Crippen MR) is 77.0 cm³/mol. The smallest absolute Gasteiger partial charge is 0.356 e. The molecule has 0 fully saturated rings. The van der Waals surface area contributed by atoms with E-state index >= 15 is 0 Å². The topological polar surface area (TPSA) is 80.6 Å². The molecule has 0 bridgehead atoms. The average Bonchev–Trinajstić information content (AvgIpc) is 2.78. The van der Waals surface area contributed by atoms with Gasteiger partial charge in [-0.2, -0.15) is 0 Å².